The number of rotatable bonds is 8. The van der Waals surface area contributed by atoms with Crippen LogP contribution in [-0.4, -0.2) is 37.8 Å². The molecule has 1 fully saturated rings. The minimum Gasteiger partial charge on any atom is -0.345 e. The van der Waals surface area contributed by atoms with Gasteiger partial charge in [0.1, 0.15) is 0 Å². The molecule has 10 heteroatoms. The van der Waals surface area contributed by atoms with Gasteiger partial charge in [0.05, 0.1) is 11.8 Å². The third-order valence-corrected chi connectivity index (χ3v) is 6.22. The minimum absolute atomic E-state index is 0.0312. The normalized spacial score (nSPS) is 14.1. The Bertz CT molecular complexity index is 1070. The quantitative estimate of drug-likeness (QED) is 0.503. The molecule has 1 aliphatic carbocycles. The maximum absolute atomic E-state index is 12.8. The van der Waals surface area contributed by atoms with Crippen LogP contribution in [0, 0.1) is 5.92 Å². The second-order valence-electron chi connectivity index (χ2n) is 7.34. The first kappa shape index (κ1) is 21.3. The van der Waals surface area contributed by atoms with E-state index >= 15 is 0 Å². The van der Waals surface area contributed by atoms with E-state index in [4.69, 9.17) is 11.6 Å². The Hall–Kier alpha value is -2.91. The number of nitrogens with zero attached hydrogens (tertiary/aromatic N) is 4. The van der Waals surface area contributed by atoms with Crippen LogP contribution in [0.3, 0.4) is 0 Å². The van der Waals surface area contributed by atoms with Crippen molar-refractivity contribution in [2.75, 3.05) is 11.1 Å². The van der Waals surface area contributed by atoms with Gasteiger partial charge in [0.2, 0.25) is 11.1 Å². The van der Waals surface area contributed by atoms with Crippen LogP contribution in [0.2, 0.25) is 5.02 Å². The molecule has 0 spiro atoms. The van der Waals surface area contributed by atoms with Crippen molar-refractivity contribution in [3.63, 3.8) is 0 Å². The largest absolute Gasteiger partial charge is 0.345 e. The lowest BCUT2D eigenvalue weighted by molar-refractivity contribution is -0.113. The number of benzene rings is 2. The van der Waals surface area contributed by atoms with Gasteiger partial charge in [0.25, 0.3) is 5.91 Å². The van der Waals surface area contributed by atoms with E-state index < -0.39 is 0 Å². The number of tetrazole rings is 1. The highest BCUT2D eigenvalue weighted by Gasteiger charge is 2.33. The fourth-order valence-corrected chi connectivity index (χ4v) is 3.95. The standard InChI is InChI=1S/C21H21ClN6O2S/c1-28-21(25-26-27-28)31-12-18(29)23-17-10-6-15(7-11-17)20(30)24-19(13-2-3-13)14-4-8-16(22)9-5-14/h4-11,13,19H,2-3,12H2,1H3,(H,23,29)(H,24,30)/t19-/m1/s1. The Morgan fingerprint density at radius 2 is 1.87 bits per heavy atom. The number of aromatic nitrogens is 4. The van der Waals surface area contributed by atoms with Crippen molar-refractivity contribution < 1.29 is 9.59 Å². The summed E-state index contributed by atoms with van der Waals surface area (Å²) in [6.07, 6.45) is 2.20. The van der Waals surface area contributed by atoms with Gasteiger partial charge in [-0.25, -0.2) is 4.68 Å². The average Bonchev–Trinajstić information content (AvgIpc) is 3.53. The zero-order chi connectivity index (χ0) is 21.8. The number of hydrogen-bond acceptors (Lipinski definition) is 6. The highest BCUT2D eigenvalue weighted by atomic mass is 35.5. The molecular weight excluding hydrogens is 436 g/mol. The van der Waals surface area contributed by atoms with Gasteiger partial charge in [0, 0.05) is 23.3 Å². The SMILES string of the molecule is Cn1nnnc1SCC(=O)Nc1ccc(C(=O)N[C@@H](c2ccc(Cl)cc2)C2CC2)cc1. The van der Waals surface area contributed by atoms with Gasteiger partial charge in [0.15, 0.2) is 0 Å². The van der Waals surface area contributed by atoms with E-state index in [1.807, 2.05) is 24.3 Å². The van der Waals surface area contributed by atoms with E-state index in [0.717, 1.165) is 18.4 Å². The first-order valence-electron chi connectivity index (χ1n) is 9.81. The molecule has 4 rings (SSSR count). The molecule has 0 bridgehead atoms. The molecule has 1 atom stereocenters. The highest BCUT2D eigenvalue weighted by molar-refractivity contribution is 7.99. The van der Waals surface area contributed by atoms with Gasteiger partial charge in [-0.15, -0.1) is 5.10 Å². The molecule has 3 aromatic rings. The van der Waals surface area contributed by atoms with Crippen molar-refractivity contribution in [3.8, 4) is 0 Å². The van der Waals surface area contributed by atoms with E-state index in [-0.39, 0.29) is 23.6 Å². The van der Waals surface area contributed by atoms with Crippen LogP contribution in [0.25, 0.3) is 0 Å². The zero-order valence-electron chi connectivity index (χ0n) is 16.8. The maximum atomic E-state index is 12.8. The number of anilines is 1. The van der Waals surface area contributed by atoms with Crippen LogP contribution in [-0.2, 0) is 11.8 Å². The van der Waals surface area contributed by atoms with Crippen molar-refractivity contribution >= 4 is 40.9 Å². The van der Waals surface area contributed by atoms with Crippen LogP contribution < -0.4 is 10.6 Å². The van der Waals surface area contributed by atoms with Crippen LogP contribution >= 0.6 is 23.4 Å². The summed E-state index contributed by atoms with van der Waals surface area (Å²) < 4.78 is 1.50. The summed E-state index contributed by atoms with van der Waals surface area (Å²) in [6.45, 7) is 0. The van der Waals surface area contributed by atoms with Crippen LogP contribution in [0.1, 0.15) is 34.8 Å². The predicted molar refractivity (Wildman–Crippen MR) is 119 cm³/mol. The fraction of sp³-hybridized carbons (Fsp3) is 0.286. The molecule has 8 nitrogen and oxygen atoms in total. The predicted octanol–water partition coefficient (Wildman–Crippen LogP) is 3.48. The molecule has 160 valence electrons. The van der Waals surface area contributed by atoms with Gasteiger partial charge in [-0.3, -0.25) is 9.59 Å². The summed E-state index contributed by atoms with van der Waals surface area (Å²) in [5.74, 6) is 0.308. The molecule has 0 radical (unpaired) electrons. The van der Waals surface area contributed by atoms with Crippen molar-refractivity contribution in [3.05, 3.63) is 64.7 Å². The molecule has 0 unspecified atom stereocenters. The summed E-state index contributed by atoms with van der Waals surface area (Å²) in [6, 6.07) is 14.4. The summed E-state index contributed by atoms with van der Waals surface area (Å²) in [4.78, 5) is 24.9. The topological polar surface area (TPSA) is 102 Å². The van der Waals surface area contributed by atoms with Crippen LogP contribution in [0.5, 0.6) is 0 Å². The molecule has 1 aliphatic rings. The third kappa shape index (κ3) is 5.62. The molecule has 1 heterocycles. The lowest BCUT2D eigenvalue weighted by Crippen LogP contribution is -2.29. The maximum Gasteiger partial charge on any atom is 0.251 e. The number of aryl methyl sites for hydroxylation is 1. The summed E-state index contributed by atoms with van der Waals surface area (Å²) in [5, 5.41) is 18.3. The minimum atomic E-state index is -0.179. The average molecular weight is 457 g/mol. The van der Waals surface area contributed by atoms with Crippen molar-refractivity contribution in [1.29, 1.82) is 0 Å². The van der Waals surface area contributed by atoms with E-state index in [2.05, 4.69) is 26.2 Å². The molecule has 1 aromatic heterocycles. The van der Waals surface area contributed by atoms with Crippen molar-refractivity contribution in [1.82, 2.24) is 25.5 Å². The van der Waals surface area contributed by atoms with Gasteiger partial charge in [-0.05, 0) is 71.1 Å². The van der Waals surface area contributed by atoms with Gasteiger partial charge < -0.3 is 10.6 Å². The Balaban J connectivity index is 1.33. The summed E-state index contributed by atoms with van der Waals surface area (Å²) in [7, 11) is 1.71. The molecular formula is C21H21ClN6O2S. The van der Waals surface area contributed by atoms with Gasteiger partial charge in [-0.2, -0.15) is 0 Å². The Morgan fingerprint density at radius 3 is 2.48 bits per heavy atom. The van der Waals surface area contributed by atoms with E-state index in [1.54, 1.807) is 31.3 Å². The smallest absolute Gasteiger partial charge is 0.251 e. The lowest BCUT2D eigenvalue weighted by Gasteiger charge is -2.19. The first-order chi connectivity index (χ1) is 15.0. The zero-order valence-corrected chi connectivity index (χ0v) is 18.4. The molecule has 2 amide bonds. The highest BCUT2D eigenvalue weighted by Crippen LogP contribution is 2.41. The number of nitrogens with one attached hydrogen (secondary N) is 2. The van der Waals surface area contributed by atoms with E-state index in [9.17, 15) is 9.59 Å². The van der Waals surface area contributed by atoms with E-state index in [1.165, 1.54) is 16.4 Å². The van der Waals surface area contributed by atoms with Crippen LogP contribution in [0.15, 0.2) is 53.7 Å². The molecule has 0 aliphatic heterocycles. The number of amides is 2. The number of carbonyl (C=O) groups is 2. The number of hydrogen-bond donors (Lipinski definition) is 2. The Morgan fingerprint density at radius 1 is 1.16 bits per heavy atom. The van der Waals surface area contributed by atoms with Crippen molar-refractivity contribution in [2.45, 2.75) is 24.0 Å². The van der Waals surface area contributed by atoms with Crippen LogP contribution in [0.4, 0.5) is 5.69 Å². The number of halogens is 1. The number of carbonyl (C=O) groups excluding carboxylic acids is 2. The third-order valence-electron chi connectivity index (χ3n) is 4.95. The molecule has 2 N–H and O–H groups in total. The fourth-order valence-electron chi connectivity index (χ4n) is 3.17. The lowest BCUT2D eigenvalue weighted by atomic mass is 10.0. The first-order valence-corrected chi connectivity index (χ1v) is 11.2. The molecule has 1 saturated carbocycles. The molecule has 0 saturated heterocycles. The molecule has 2 aromatic carbocycles. The number of thioether (sulfide) groups is 1. The molecule has 31 heavy (non-hydrogen) atoms. The van der Waals surface area contributed by atoms with Gasteiger partial charge >= 0.3 is 0 Å². The Kier molecular flexibility index (Phi) is 6.53. The van der Waals surface area contributed by atoms with Gasteiger partial charge in [-0.1, -0.05) is 35.5 Å². The second-order valence-corrected chi connectivity index (χ2v) is 8.72. The second kappa shape index (κ2) is 9.49. The monoisotopic (exact) mass is 456 g/mol. The Labute approximate surface area is 188 Å². The summed E-state index contributed by atoms with van der Waals surface area (Å²) in [5.41, 5.74) is 2.21. The van der Waals surface area contributed by atoms with E-state index in [0.29, 0.717) is 27.3 Å². The van der Waals surface area contributed by atoms with Crippen molar-refractivity contribution in [2.24, 2.45) is 13.0 Å². The summed E-state index contributed by atoms with van der Waals surface area (Å²) >= 11 is 7.23.